The molecule has 0 atom stereocenters. The predicted molar refractivity (Wildman–Crippen MR) is 124 cm³/mol. The van der Waals surface area contributed by atoms with Gasteiger partial charge in [-0.1, -0.05) is 64.5 Å². The zero-order valence-electron chi connectivity index (χ0n) is 18.4. The van der Waals surface area contributed by atoms with Crippen molar-refractivity contribution in [1.82, 2.24) is 9.97 Å². The van der Waals surface area contributed by atoms with Crippen LogP contribution in [0.3, 0.4) is 0 Å². The predicted octanol–water partition coefficient (Wildman–Crippen LogP) is 5.65. The van der Waals surface area contributed by atoms with Crippen LogP contribution in [0.5, 0.6) is 0 Å². The maximum absolute atomic E-state index is 6.12. The molecule has 0 saturated carbocycles. The van der Waals surface area contributed by atoms with Crippen molar-refractivity contribution in [2.24, 2.45) is 10.7 Å². The zero-order valence-corrected chi connectivity index (χ0v) is 18.4. The van der Waals surface area contributed by atoms with Gasteiger partial charge < -0.3 is 11.5 Å². The molecule has 0 bridgehead atoms. The molecule has 1 heterocycles. The van der Waals surface area contributed by atoms with Gasteiger partial charge in [-0.15, -0.1) is 0 Å². The van der Waals surface area contributed by atoms with E-state index in [0.29, 0.717) is 17.3 Å². The minimum Gasteiger partial charge on any atom is -0.398 e. The van der Waals surface area contributed by atoms with Gasteiger partial charge in [-0.25, -0.2) is 15.0 Å². The molecule has 0 spiro atoms. The number of hydrogen-bond acceptors (Lipinski definition) is 4. The van der Waals surface area contributed by atoms with Crippen LogP contribution in [0.15, 0.2) is 29.3 Å². The number of nitrogens with two attached hydrogens (primary N) is 2. The van der Waals surface area contributed by atoms with E-state index >= 15 is 0 Å². The molecule has 0 fully saturated rings. The lowest BCUT2D eigenvalue weighted by molar-refractivity contribution is 0.624. The van der Waals surface area contributed by atoms with Crippen LogP contribution in [-0.2, 0) is 12.8 Å². The fourth-order valence-electron chi connectivity index (χ4n) is 3.55. The summed E-state index contributed by atoms with van der Waals surface area (Å²) in [5.41, 5.74) is 15.7. The Balaban J connectivity index is 0.000000321. The van der Waals surface area contributed by atoms with Crippen LogP contribution in [0, 0.1) is 6.92 Å². The fraction of sp³-hybridized carbons (Fsp3) is 0.542. The first-order valence-electron chi connectivity index (χ1n) is 11.1. The van der Waals surface area contributed by atoms with Crippen LogP contribution >= 0.6 is 0 Å². The van der Waals surface area contributed by atoms with Crippen LogP contribution in [0.1, 0.15) is 87.9 Å². The van der Waals surface area contributed by atoms with Crippen LogP contribution in [0.2, 0.25) is 0 Å². The van der Waals surface area contributed by atoms with Crippen LogP contribution in [-0.4, -0.2) is 15.8 Å². The Morgan fingerprint density at radius 2 is 1.62 bits per heavy atom. The molecule has 0 aliphatic heterocycles. The van der Waals surface area contributed by atoms with Gasteiger partial charge in [-0.3, -0.25) is 0 Å². The largest absolute Gasteiger partial charge is 0.398 e. The first-order valence-corrected chi connectivity index (χ1v) is 11.1. The van der Waals surface area contributed by atoms with Crippen molar-refractivity contribution in [1.29, 1.82) is 0 Å². The normalized spacial score (nSPS) is 13.4. The van der Waals surface area contributed by atoms with Crippen LogP contribution < -0.4 is 11.5 Å². The quantitative estimate of drug-likeness (QED) is 0.274. The molecule has 29 heavy (non-hydrogen) atoms. The van der Waals surface area contributed by atoms with Gasteiger partial charge in [0.15, 0.2) is 5.82 Å². The Morgan fingerprint density at radius 3 is 2.28 bits per heavy atom. The molecule has 0 radical (unpaired) electrons. The van der Waals surface area contributed by atoms with Crippen molar-refractivity contribution >= 4 is 17.3 Å². The highest BCUT2D eigenvalue weighted by molar-refractivity contribution is 6.03. The standard InChI is InChI=1S/C16H19N5.C8H18/c1-10-19-14-9-5-3-7-12(14)16(20-10)21-15(18)11-6-2-4-8-13(11)17;1-3-5-7-8-6-4-2/h2,4,6,8H,3,5,7,9,17H2,1H3,(H2,18,19,20,21);3-8H2,1-2H3. The number of nitrogens with zero attached hydrogens (tertiary/aromatic N) is 3. The number of aliphatic imine (C=N–C) groups is 1. The number of unbranched alkanes of at least 4 members (excludes halogenated alkanes) is 5. The smallest absolute Gasteiger partial charge is 0.161 e. The minimum absolute atomic E-state index is 0.402. The third-order valence-corrected chi connectivity index (χ3v) is 5.19. The number of nitrogen functional groups attached to an aromatic ring is 1. The number of aryl methyl sites for hydroxylation is 2. The fourth-order valence-corrected chi connectivity index (χ4v) is 3.55. The number of rotatable bonds is 7. The van der Waals surface area contributed by atoms with Crippen molar-refractivity contribution in [3.63, 3.8) is 0 Å². The molecule has 0 unspecified atom stereocenters. The van der Waals surface area contributed by atoms with Gasteiger partial charge >= 0.3 is 0 Å². The van der Waals surface area contributed by atoms with Gasteiger partial charge in [0.1, 0.15) is 11.7 Å². The molecule has 1 aromatic carbocycles. The lowest BCUT2D eigenvalue weighted by atomic mass is 9.96. The first kappa shape index (κ1) is 22.9. The Hall–Kier alpha value is -2.43. The summed E-state index contributed by atoms with van der Waals surface area (Å²) >= 11 is 0. The summed E-state index contributed by atoms with van der Waals surface area (Å²) < 4.78 is 0. The molecule has 3 rings (SSSR count). The summed E-state index contributed by atoms with van der Waals surface area (Å²) in [7, 11) is 0. The van der Waals surface area contributed by atoms with Gasteiger partial charge in [-0.2, -0.15) is 0 Å². The van der Waals surface area contributed by atoms with E-state index in [1.807, 2.05) is 31.2 Å². The van der Waals surface area contributed by atoms with E-state index in [1.54, 1.807) is 0 Å². The second kappa shape index (κ2) is 12.2. The van der Waals surface area contributed by atoms with E-state index in [0.717, 1.165) is 41.9 Å². The third-order valence-electron chi connectivity index (χ3n) is 5.19. The molecule has 1 aromatic heterocycles. The molecular formula is C24H37N5. The van der Waals surface area contributed by atoms with E-state index in [9.17, 15) is 0 Å². The molecule has 2 aromatic rings. The highest BCUT2D eigenvalue weighted by Crippen LogP contribution is 2.27. The van der Waals surface area contributed by atoms with Crippen LogP contribution in [0.25, 0.3) is 0 Å². The van der Waals surface area contributed by atoms with E-state index in [-0.39, 0.29) is 0 Å². The summed E-state index contributed by atoms with van der Waals surface area (Å²) in [5, 5.41) is 0. The number of anilines is 1. The van der Waals surface area contributed by atoms with Crippen LogP contribution in [0.4, 0.5) is 11.5 Å². The SMILES string of the molecule is CCCCCCCC.Cc1nc2c(c(N=C(N)c3ccccc3N)n1)CCCC2. The van der Waals surface area contributed by atoms with Gasteiger partial charge in [0, 0.05) is 22.5 Å². The second-order valence-electron chi connectivity index (χ2n) is 7.73. The molecule has 5 nitrogen and oxygen atoms in total. The molecule has 1 aliphatic carbocycles. The lowest BCUT2D eigenvalue weighted by Gasteiger charge is -2.16. The summed E-state index contributed by atoms with van der Waals surface area (Å²) in [6.07, 6.45) is 12.8. The molecule has 5 heteroatoms. The lowest BCUT2D eigenvalue weighted by Crippen LogP contribution is -2.16. The van der Waals surface area contributed by atoms with Crippen molar-refractivity contribution in [2.45, 2.75) is 85.0 Å². The van der Waals surface area contributed by atoms with E-state index < -0.39 is 0 Å². The Kier molecular flexibility index (Phi) is 9.62. The first-order chi connectivity index (χ1) is 14.1. The molecule has 1 aliphatic rings. The maximum atomic E-state index is 6.12. The van der Waals surface area contributed by atoms with E-state index in [1.165, 1.54) is 44.9 Å². The number of amidine groups is 1. The van der Waals surface area contributed by atoms with Crippen molar-refractivity contribution < 1.29 is 0 Å². The molecule has 4 N–H and O–H groups in total. The average Bonchev–Trinajstić information content (AvgIpc) is 2.72. The number of fused-ring (bicyclic) bond motifs is 1. The number of benzene rings is 1. The zero-order chi connectivity index (χ0) is 21.1. The van der Waals surface area contributed by atoms with Gasteiger partial charge in [-0.05, 0) is 44.7 Å². The average molecular weight is 396 g/mol. The van der Waals surface area contributed by atoms with Crippen molar-refractivity contribution in [3.8, 4) is 0 Å². The number of hydrogen-bond donors (Lipinski definition) is 2. The van der Waals surface area contributed by atoms with E-state index in [4.69, 9.17) is 11.5 Å². The monoisotopic (exact) mass is 395 g/mol. The summed E-state index contributed by atoms with van der Waals surface area (Å²) in [5.74, 6) is 1.83. The highest BCUT2D eigenvalue weighted by atomic mass is 15.0. The maximum Gasteiger partial charge on any atom is 0.161 e. The summed E-state index contributed by atoms with van der Waals surface area (Å²) in [6.45, 7) is 6.40. The summed E-state index contributed by atoms with van der Waals surface area (Å²) in [6, 6.07) is 7.46. The minimum atomic E-state index is 0.402. The molecule has 158 valence electrons. The third kappa shape index (κ3) is 7.15. The highest BCUT2D eigenvalue weighted by Gasteiger charge is 2.17. The molecule has 0 amide bonds. The Bertz CT molecular complexity index is 792. The topological polar surface area (TPSA) is 90.2 Å². The van der Waals surface area contributed by atoms with Crippen molar-refractivity contribution in [3.05, 3.63) is 46.9 Å². The number of aromatic nitrogens is 2. The van der Waals surface area contributed by atoms with Crippen molar-refractivity contribution in [2.75, 3.05) is 5.73 Å². The molecular weight excluding hydrogens is 358 g/mol. The molecule has 0 saturated heterocycles. The van der Waals surface area contributed by atoms with Gasteiger partial charge in [0.2, 0.25) is 0 Å². The Labute approximate surface area is 176 Å². The number of para-hydroxylation sites is 1. The van der Waals surface area contributed by atoms with Gasteiger partial charge in [0.05, 0.1) is 0 Å². The van der Waals surface area contributed by atoms with E-state index in [2.05, 4.69) is 28.8 Å². The second-order valence-corrected chi connectivity index (χ2v) is 7.73. The van der Waals surface area contributed by atoms with Gasteiger partial charge in [0.25, 0.3) is 0 Å². The summed E-state index contributed by atoms with van der Waals surface area (Å²) in [4.78, 5) is 13.5. The Morgan fingerprint density at radius 1 is 0.966 bits per heavy atom.